The Bertz CT molecular complexity index is 664. The molecule has 7 nitrogen and oxygen atoms in total. The van der Waals surface area contributed by atoms with Crippen molar-refractivity contribution in [3.8, 4) is 0 Å². The van der Waals surface area contributed by atoms with Gasteiger partial charge in [-0.2, -0.15) is 0 Å². The van der Waals surface area contributed by atoms with Crippen LogP contribution >= 0.6 is 0 Å². The molecule has 0 bridgehead atoms. The van der Waals surface area contributed by atoms with Crippen LogP contribution in [0.3, 0.4) is 0 Å². The lowest BCUT2D eigenvalue weighted by atomic mass is 10.1. The molecule has 3 N–H and O–H groups in total. The lowest BCUT2D eigenvalue weighted by Gasteiger charge is -2.08. The fourth-order valence-corrected chi connectivity index (χ4v) is 1.84. The number of nitrogen functional groups attached to an aromatic ring is 1. The number of hydrogen-bond donors (Lipinski definition) is 2. The van der Waals surface area contributed by atoms with Gasteiger partial charge in [-0.1, -0.05) is 32.9 Å². The van der Waals surface area contributed by atoms with Gasteiger partial charge in [0.15, 0.2) is 0 Å². The topological polar surface area (TPSA) is 107 Å². The number of amides is 1. The molecule has 2 rings (SSSR count). The van der Waals surface area contributed by atoms with Gasteiger partial charge < -0.3 is 15.6 Å². The van der Waals surface area contributed by atoms with Gasteiger partial charge in [-0.05, 0) is 12.0 Å². The third-order valence-corrected chi connectivity index (χ3v) is 3.16. The van der Waals surface area contributed by atoms with Gasteiger partial charge in [0.05, 0.1) is 6.54 Å². The molecule has 0 aromatic carbocycles. The number of nitrogens with one attached hydrogen (secondary N) is 1. The first kappa shape index (κ1) is 15.9. The van der Waals surface area contributed by atoms with Crippen LogP contribution in [-0.2, 0) is 6.54 Å². The van der Waals surface area contributed by atoms with Crippen LogP contribution in [0.15, 0.2) is 16.7 Å². The van der Waals surface area contributed by atoms with Crippen molar-refractivity contribution in [2.75, 3.05) is 5.73 Å². The molecule has 0 aliphatic heterocycles. The molecular weight excluding hydrogens is 282 g/mol. The molecule has 0 saturated heterocycles. The van der Waals surface area contributed by atoms with E-state index in [1.54, 1.807) is 6.07 Å². The summed E-state index contributed by atoms with van der Waals surface area (Å²) in [5.74, 6) is 0.996. The normalized spacial score (nSPS) is 11.2. The highest BCUT2D eigenvalue weighted by Crippen LogP contribution is 2.15. The molecule has 1 amide bonds. The van der Waals surface area contributed by atoms with E-state index in [1.807, 2.05) is 33.8 Å². The fourth-order valence-electron chi connectivity index (χ4n) is 1.84. The number of hydrogen-bond acceptors (Lipinski definition) is 6. The van der Waals surface area contributed by atoms with Crippen LogP contribution in [0.2, 0.25) is 0 Å². The summed E-state index contributed by atoms with van der Waals surface area (Å²) in [6, 6.07) is 3.48. The zero-order valence-corrected chi connectivity index (χ0v) is 13.3. The summed E-state index contributed by atoms with van der Waals surface area (Å²) < 4.78 is 5.19. The van der Waals surface area contributed by atoms with Crippen LogP contribution in [0.5, 0.6) is 0 Å². The van der Waals surface area contributed by atoms with Crippen molar-refractivity contribution >= 4 is 11.9 Å². The van der Waals surface area contributed by atoms with Crippen molar-refractivity contribution in [2.24, 2.45) is 0 Å². The van der Waals surface area contributed by atoms with Gasteiger partial charge in [0.1, 0.15) is 17.1 Å². The molecule has 2 heterocycles. The third kappa shape index (κ3) is 3.81. The second kappa shape index (κ2) is 6.55. The number of rotatable bonds is 5. The predicted octanol–water partition coefficient (Wildman–Crippen LogP) is 2.22. The zero-order valence-electron chi connectivity index (χ0n) is 13.3. The second-order valence-electron chi connectivity index (χ2n) is 5.75. The predicted molar refractivity (Wildman–Crippen MR) is 82.3 cm³/mol. The summed E-state index contributed by atoms with van der Waals surface area (Å²) >= 11 is 0. The monoisotopic (exact) mass is 303 g/mol. The van der Waals surface area contributed by atoms with Gasteiger partial charge in [-0.25, -0.2) is 9.97 Å². The number of anilines is 1. The van der Waals surface area contributed by atoms with E-state index in [0.29, 0.717) is 5.69 Å². The maximum atomic E-state index is 12.2. The Balaban J connectivity index is 2.05. The number of nitrogens with two attached hydrogens (primary N) is 1. The molecule has 7 heteroatoms. The average Bonchev–Trinajstić information content (AvgIpc) is 2.93. The molecule has 22 heavy (non-hydrogen) atoms. The summed E-state index contributed by atoms with van der Waals surface area (Å²) in [6.45, 7) is 8.26. The molecule has 0 spiro atoms. The van der Waals surface area contributed by atoms with Crippen LogP contribution in [0.4, 0.5) is 5.95 Å². The largest absolute Gasteiger partial charge is 0.368 e. The summed E-state index contributed by atoms with van der Waals surface area (Å²) in [4.78, 5) is 20.3. The Morgan fingerprint density at radius 1 is 1.23 bits per heavy atom. The molecule has 0 atom stereocenters. The number of carbonyl (C=O) groups excluding carboxylic acids is 1. The van der Waals surface area contributed by atoms with Crippen LogP contribution in [0.25, 0.3) is 0 Å². The van der Waals surface area contributed by atoms with E-state index in [0.717, 1.165) is 11.5 Å². The van der Waals surface area contributed by atoms with E-state index in [-0.39, 0.29) is 35.9 Å². The lowest BCUT2D eigenvalue weighted by molar-refractivity contribution is 0.0945. The highest BCUT2D eigenvalue weighted by molar-refractivity contribution is 5.92. The Morgan fingerprint density at radius 3 is 2.55 bits per heavy atom. The van der Waals surface area contributed by atoms with Crippen molar-refractivity contribution in [2.45, 2.75) is 46.1 Å². The maximum absolute atomic E-state index is 12.2. The number of nitrogens with zero attached hydrogens (tertiary/aromatic N) is 3. The van der Waals surface area contributed by atoms with Crippen molar-refractivity contribution in [3.63, 3.8) is 0 Å². The first-order chi connectivity index (χ1) is 10.4. The summed E-state index contributed by atoms with van der Waals surface area (Å²) in [5.41, 5.74) is 7.31. The van der Waals surface area contributed by atoms with Crippen molar-refractivity contribution in [1.82, 2.24) is 20.4 Å². The van der Waals surface area contributed by atoms with Crippen molar-refractivity contribution in [3.05, 3.63) is 35.0 Å². The second-order valence-corrected chi connectivity index (χ2v) is 5.75. The van der Waals surface area contributed by atoms with Gasteiger partial charge in [-0.15, -0.1) is 0 Å². The van der Waals surface area contributed by atoms with Gasteiger partial charge in [0.2, 0.25) is 5.95 Å². The summed E-state index contributed by atoms with van der Waals surface area (Å²) in [6.07, 6.45) is 0. The number of carbonyl (C=O) groups is 1. The molecule has 2 aromatic rings. The smallest absolute Gasteiger partial charge is 0.270 e. The van der Waals surface area contributed by atoms with Crippen LogP contribution in [0, 0.1) is 0 Å². The van der Waals surface area contributed by atoms with Gasteiger partial charge in [0, 0.05) is 17.7 Å². The Kier molecular flexibility index (Phi) is 4.75. The molecule has 0 fully saturated rings. The van der Waals surface area contributed by atoms with Crippen LogP contribution < -0.4 is 11.1 Å². The summed E-state index contributed by atoms with van der Waals surface area (Å²) in [5, 5.41) is 6.67. The van der Waals surface area contributed by atoms with E-state index in [1.165, 1.54) is 0 Å². The van der Waals surface area contributed by atoms with Gasteiger partial charge >= 0.3 is 0 Å². The van der Waals surface area contributed by atoms with E-state index >= 15 is 0 Å². The average molecular weight is 303 g/mol. The maximum Gasteiger partial charge on any atom is 0.270 e. The molecule has 0 unspecified atom stereocenters. The Morgan fingerprint density at radius 2 is 1.95 bits per heavy atom. The molecule has 0 aliphatic rings. The molecule has 2 aromatic heterocycles. The standard InChI is InChI=1S/C15H21N5O2/c1-8(2)11-6-12(19-15(16)18-11)14(21)17-7-10-5-13(9(3)4)22-20-10/h5-6,8-9H,7H2,1-4H3,(H,17,21)(H2,16,18,19). The highest BCUT2D eigenvalue weighted by Gasteiger charge is 2.14. The molecule has 0 aliphatic carbocycles. The van der Waals surface area contributed by atoms with E-state index in [2.05, 4.69) is 20.4 Å². The van der Waals surface area contributed by atoms with Crippen LogP contribution in [0.1, 0.15) is 67.2 Å². The fraction of sp³-hybridized carbons (Fsp3) is 0.467. The number of aromatic nitrogens is 3. The first-order valence-electron chi connectivity index (χ1n) is 7.25. The molecule has 0 radical (unpaired) electrons. The molecular formula is C15H21N5O2. The quantitative estimate of drug-likeness (QED) is 0.877. The van der Waals surface area contributed by atoms with E-state index in [4.69, 9.17) is 10.3 Å². The highest BCUT2D eigenvalue weighted by atomic mass is 16.5. The SMILES string of the molecule is CC(C)c1cc(C(=O)NCc2cc(C(C)C)on2)nc(N)n1. The minimum Gasteiger partial charge on any atom is -0.368 e. The minimum absolute atomic E-state index is 0.0971. The Hall–Kier alpha value is -2.44. The minimum atomic E-state index is -0.315. The van der Waals surface area contributed by atoms with E-state index in [9.17, 15) is 4.79 Å². The Labute approximate surface area is 129 Å². The summed E-state index contributed by atoms with van der Waals surface area (Å²) in [7, 11) is 0. The zero-order chi connectivity index (χ0) is 16.3. The van der Waals surface area contributed by atoms with Crippen molar-refractivity contribution in [1.29, 1.82) is 0 Å². The van der Waals surface area contributed by atoms with E-state index < -0.39 is 0 Å². The van der Waals surface area contributed by atoms with Crippen molar-refractivity contribution < 1.29 is 9.32 Å². The van der Waals surface area contributed by atoms with Crippen LogP contribution in [-0.4, -0.2) is 21.0 Å². The van der Waals surface area contributed by atoms with Gasteiger partial charge in [-0.3, -0.25) is 4.79 Å². The molecule has 0 saturated carbocycles. The van der Waals surface area contributed by atoms with Gasteiger partial charge in [0.25, 0.3) is 5.91 Å². The third-order valence-electron chi connectivity index (χ3n) is 3.16. The first-order valence-corrected chi connectivity index (χ1v) is 7.25. The molecule has 118 valence electrons. The lowest BCUT2D eigenvalue weighted by Crippen LogP contribution is -2.25.